The number of anilines is 1. The summed E-state index contributed by atoms with van der Waals surface area (Å²) in [5, 5.41) is 6.07. The van der Waals surface area contributed by atoms with Crippen LogP contribution in [0.1, 0.15) is 95.8 Å². The number of aryl methyl sites for hydroxylation is 3. The van der Waals surface area contributed by atoms with Crippen LogP contribution in [0.25, 0.3) is 5.69 Å². The van der Waals surface area contributed by atoms with E-state index in [9.17, 15) is 53.9 Å². The lowest BCUT2D eigenvalue weighted by molar-refractivity contribution is -0.142. The highest BCUT2D eigenvalue weighted by Crippen LogP contribution is 2.42. The number of esters is 1. The number of hydrogen-bond acceptors (Lipinski definition) is 11. The summed E-state index contributed by atoms with van der Waals surface area (Å²) in [6.07, 6.45) is -0.382. The van der Waals surface area contributed by atoms with Gasteiger partial charge >= 0.3 is 24.4 Å². The molecule has 0 N–H and O–H groups in total. The van der Waals surface area contributed by atoms with E-state index in [0.717, 1.165) is 60.5 Å². The van der Waals surface area contributed by atoms with Crippen molar-refractivity contribution in [1.29, 1.82) is 0 Å². The Morgan fingerprint density at radius 3 is 2.23 bits per heavy atom. The molecule has 1 saturated carbocycles. The summed E-state index contributed by atoms with van der Waals surface area (Å²) in [4.78, 5) is 49.6. The van der Waals surface area contributed by atoms with Gasteiger partial charge in [-0.05, 0) is 94.0 Å². The number of hydrogen-bond donors (Lipinski definition) is 0. The normalized spacial score (nSPS) is 13.5. The van der Waals surface area contributed by atoms with Gasteiger partial charge in [0.2, 0.25) is 5.91 Å². The van der Waals surface area contributed by atoms with Gasteiger partial charge < -0.3 is 18.9 Å². The molecule has 0 radical (unpaired) electrons. The van der Waals surface area contributed by atoms with Crippen molar-refractivity contribution in [2.24, 2.45) is 0 Å². The number of amides is 1. The summed E-state index contributed by atoms with van der Waals surface area (Å²) in [5.41, 5.74) is 0.474. The summed E-state index contributed by atoms with van der Waals surface area (Å²) >= 11 is 17.7. The standard InChI is InChI=1S/C15H14Cl2F3N3O3.C15H22ClNO2.C15H12F3NO4S/c1-3-26-13(24)10(17)4-8-5-12(11(18)6-9(8)16)23-15(25)22(14(19)20)7(2)21-23;1-5-13-8-6-7-11(2)15(13)17(14(18)9-16)12(3)10-19-4;1-24(21,22)12-6-9(15(16,17)18)4-5-10(12)13(20)11-7-19-23-14(11)8-2-3-8/h5-6,10,14H,3-4H2,1-2H3;6-8,12H,5,9-10H2,1-4H3;4-8H,2-3H2,1H3. The molecule has 14 nitrogen and oxygen atoms in total. The number of benzene rings is 3. The summed E-state index contributed by atoms with van der Waals surface area (Å²) < 4.78 is 118. The molecule has 3 aromatic carbocycles. The SMILES string of the molecule is CCOC(=O)C(Cl)Cc1cc(-n2nc(C)n(C(F)F)c2=O)c(F)cc1Cl.CCc1cccc(C)c1N(C(=O)CCl)C(C)COC.CS(=O)(=O)c1cc(C(F)(F)F)ccc1C(=O)c1cnoc1C1CC1. The van der Waals surface area contributed by atoms with Crippen molar-refractivity contribution in [1.82, 2.24) is 19.5 Å². The molecule has 0 saturated heterocycles. The Hall–Kier alpha value is -5.22. The van der Waals surface area contributed by atoms with Gasteiger partial charge in [-0.3, -0.25) is 14.4 Å². The van der Waals surface area contributed by atoms with Crippen LogP contribution in [0, 0.1) is 19.7 Å². The summed E-state index contributed by atoms with van der Waals surface area (Å²) in [5.74, 6) is -2.36. The molecule has 1 fully saturated rings. The first-order chi connectivity index (χ1) is 32.3. The number of carbonyl (C=O) groups is 3. The van der Waals surface area contributed by atoms with Gasteiger partial charge in [-0.1, -0.05) is 41.9 Å². The Kier molecular flexibility index (Phi) is 19.7. The highest BCUT2D eigenvalue weighted by molar-refractivity contribution is 7.90. The van der Waals surface area contributed by atoms with Crippen LogP contribution in [0.5, 0.6) is 0 Å². The van der Waals surface area contributed by atoms with Gasteiger partial charge in [-0.25, -0.2) is 22.2 Å². The van der Waals surface area contributed by atoms with Gasteiger partial charge in [0.05, 0.1) is 47.2 Å². The molecule has 0 bridgehead atoms. The predicted octanol–water partition coefficient (Wildman–Crippen LogP) is 9.61. The molecule has 69 heavy (non-hydrogen) atoms. The second-order valence-corrected chi connectivity index (χ2v) is 18.7. The molecule has 0 aliphatic heterocycles. The van der Waals surface area contributed by atoms with Crippen LogP contribution in [-0.4, -0.2) is 89.5 Å². The molecule has 0 spiro atoms. The minimum Gasteiger partial charge on any atom is -0.465 e. The molecule has 6 rings (SSSR count). The molecule has 2 heterocycles. The van der Waals surface area contributed by atoms with Gasteiger partial charge in [0.15, 0.2) is 27.2 Å². The van der Waals surface area contributed by atoms with E-state index in [1.165, 1.54) is 13.1 Å². The lowest BCUT2D eigenvalue weighted by Gasteiger charge is -2.31. The van der Waals surface area contributed by atoms with Crippen LogP contribution >= 0.6 is 34.8 Å². The zero-order chi connectivity index (χ0) is 51.7. The third-order valence-corrected chi connectivity index (χ3v) is 12.4. The maximum atomic E-state index is 14.2. The Balaban J connectivity index is 0.000000228. The summed E-state index contributed by atoms with van der Waals surface area (Å²) in [7, 11) is -2.40. The summed E-state index contributed by atoms with van der Waals surface area (Å²) in [6, 6.07) is 10.1. The molecule has 1 aliphatic rings. The smallest absolute Gasteiger partial charge is 0.416 e. The average Bonchev–Trinajstić information content (AvgIpc) is 3.92. The van der Waals surface area contributed by atoms with E-state index in [1.54, 1.807) is 18.9 Å². The molecule has 2 unspecified atom stereocenters. The number of methoxy groups -OCH3 is 1. The molecule has 5 aromatic rings. The minimum atomic E-state index is -4.71. The fourth-order valence-corrected chi connectivity index (χ4v) is 8.47. The maximum absolute atomic E-state index is 14.2. The van der Waals surface area contributed by atoms with Gasteiger partial charge in [0.1, 0.15) is 22.8 Å². The first-order valence-corrected chi connectivity index (χ1v) is 24.2. The number of carbonyl (C=O) groups excluding carboxylic acids is 3. The first-order valence-electron chi connectivity index (χ1n) is 20.9. The van der Waals surface area contributed by atoms with Crippen molar-refractivity contribution in [3.63, 3.8) is 0 Å². The molecule has 376 valence electrons. The highest BCUT2D eigenvalue weighted by Gasteiger charge is 2.36. The monoisotopic (exact) mass is 1050 g/mol. The Morgan fingerprint density at radius 2 is 1.70 bits per heavy atom. The molecular weight excluding hydrogens is 1010 g/mol. The van der Waals surface area contributed by atoms with E-state index < -0.39 is 61.7 Å². The Morgan fingerprint density at radius 1 is 1.03 bits per heavy atom. The lowest BCUT2D eigenvalue weighted by Crippen LogP contribution is -2.43. The lowest BCUT2D eigenvalue weighted by atomic mass is 10.0. The van der Waals surface area contributed by atoms with Crippen molar-refractivity contribution in [2.45, 2.75) is 95.3 Å². The molecule has 24 heteroatoms. The quantitative estimate of drug-likeness (QED) is 0.0399. The van der Waals surface area contributed by atoms with E-state index in [4.69, 9.17) is 48.8 Å². The van der Waals surface area contributed by atoms with Crippen molar-refractivity contribution in [3.05, 3.63) is 121 Å². The van der Waals surface area contributed by atoms with Gasteiger partial charge in [-0.2, -0.15) is 26.6 Å². The number of alkyl halides is 7. The molecule has 1 aliphatic carbocycles. The molecule has 2 atom stereocenters. The first kappa shape index (κ1) is 56.4. The minimum absolute atomic E-state index is 0.0223. The number of sulfone groups is 1. The van der Waals surface area contributed by atoms with Crippen LogP contribution in [0.4, 0.5) is 32.0 Å². The van der Waals surface area contributed by atoms with Gasteiger partial charge in [-0.15, -0.1) is 28.3 Å². The second kappa shape index (κ2) is 24.1. The Labute approximate surface area is 408 Å². The van der Waals surface area contributed by atoms with Gasteiger partial charge in [0, 0.05) is 36.3 Å². The zero-order valence-corrected chi connectivity index (χ0v) is 41.3. The third kappa shape index (κ3) is 14.0. The van der Waals surface area contributed by atoms with Gasteiger partial charge in [0.25, 0.3) is 0 Å². The number of halogens is 9. The number of nitrogens with zero attached hydrogens (tertiary/aromatic N) is 5. The van der Waals surface area contributed by atoms with E-state index in [2.05, 4.69) is 23.2 Å². The largest absolute Gasteiger partial charge is 0.465 e. The third-order valence-electron chi connectivity index (χ3n) is 10.4. The number of rotatable bonds is 16. The van der Waals surface area contributed by atoms with E-state index in [1.807, 2.05) is 26.0 Å². The van der Waals surface area contributed by atoms with Crippen molar-refractivity contribution >= 4 is 68.0 Å². The van der Waals surface area contributed by atoms with Crippen LogP contribution < -0.4 is 10.6 Å². The molecule has 2 aromatic heterocycles. The summed E-state index contributed by atoms with van der Waals surface area (Å²) in [6.45, 7) is 6.37. The fourth-order valence-electron chi connectivity index (χ4n) is 6.98. The number of ketones is 1. The van der Waals surface area contributed by atoms with E-state index in [-0.39, 0.29) is 74.6 Å². The van der Waals surface area contributed by atoms with Crippen LogP contribution in [0.15, 0.2) is 68.9 Å². The van der Waals surface area contributed by atoms with Crippen LogP contribution in [0.3, 0.4) is 0 Å². The van der Waals surface area contributed by atoms with Crippen molar-refractivity contribution < 1.29 is 63.1 Å². The fraction of sp³-hybridized carbons (Fsp3) is 0.422. The molecular formula is C45H48Cl3F6N5O9S. The van der Waals surface area contributed by atoms with Crippen LogP contribution in [0.2, 0.25) is 5.02 Å². The predicted molar refractivity (Wildman–Crippen MR) is 245 cm³/mol. The number of aromatic nitrogens is 4. The number of para-hydroxylation sites is 1. The van der Waals surface area contributed by atoms with Crippen LogP contribution in [-0.2, 0) is 47.9 Å². The van der Waals surface area contributed by atoms with E-state index >= 15 is 0 Å². The van der Waals surface area contributed by atoms with E-state index in [0.29, 0.717) is 29.2 Å². The molecule has 1 amide bonds. The second-order valence-electron chi connectivity index (χ2n) is 15.5. The topological polar surface area (TPSA) is 173 Å². The highest BCUT2D eigenvalue weighted by atomic mass is 35.5. The number of ether oxygens (including phenoxy) is 2. The van der Waals surface area contributed by atoms with Crippen molar-refractivity contribution in [2.75, 3.05) is 37.4 Å². The maximum Gasteiger partial charge on any atom is 0.416 e. The van der Waals surface area contributed by atoms with Crippen molar-refractivity contribution in [3.8, 4) is 5.69 Å². The zero-order valence-electron chi connectivity index (χ0n) is 38.2. The average molecular weight is 1060 g/mol. The Bertz CT molecular complexity index is 2820.